The number of hydrogen-bond donors (Lipinski definition) is 2. The van der Waals surface area contributed by atoms with E-state index in [1.807, 2.05) is 6.92 Å². The number of nitrogens with one attached hydrogen (secondary N) is 2. The van der Waals surface area contributed by atoms with Crippen LogP contribution in [-0.2, 0) is 12.8 Å². The Morgan fingerprint density at radius 3 is 2.82 bits per heavy atom. The fourth-order valence-electron chi connectivity index (χ4n) is 1.94. The molecular formula is C15H21BrN4S2. The minimum atomic E-state index is 0.790. The molecule has 0 radical (unpaired) electrons. The van der Waals surface area contributed by atoms with Crippen molar-refractivity contribution in [2.75, 3.05) is 19.6 Å². The van der Waals surface area contributed by atoms with Crippen LogP contribution in [0.3, 0.4) is 0 Å². The summed E-state index contributed by atoms with van der Waals surface area (Å²) < 4.78 is 1.18. The largest absolute Gasteiger partial charge is 0.357 e. The van der Waals surface area contributed by atoms with Gasteiger partial charge in [-0.05, 0) is 41.9 Å². The average molecular weight is 401 g/mol. The molecule has 0 amide bonds. The molecule has 4 nitrogen and oxygen atoms in total. The van der Waals surface area contributed by atoms with Crippen molar-refractivity contribution in [2.24, 2.45) is 4.99 Å². The van der Waals surface area contributed by atoms with Crippen LogP contribution < -0.4 is 10.6 Å². The summed E-state index contributed by atoms with van der Waals surface area (Å²) in [5.74, 6) is 0.880. The number of aromatic nitrogens is 1. The number of nitrogens with zero attached hydrogens (tertiary/aromatic N) is 2. The second-order valence-corrected chi connectivity index (χ2v) is 8.36. The van der Waals surface area contributed by atoms with Crippen LogP contribution in [0.5, 0.6) is 0 Å². The number of hydrogen-bond acceptors (Lipinski definition) is 4. The molecule has 0 saturated carbocycles. The van der Waals surface area contributed by atoms with Crippen LogP contribution in [-0.4, -0.2) is 30.6 Å². The number of thiazole rings is 1. The number of aryl methyl sites for hydroxylation is 1. The van der Waals surface area contributed by atoms with Crippen LogP contribution in [0.1, 0.15) is 22.5 Å². The molecule has 0 spiro atoms. The van der Waals surface area contributed by atoms with Gasteiger partial charge in [0.15, 0.2) is 5.96 Å². The van der Waals surface area contributed by atoms with Gasteiger partial charge in [-0.15, -0.1) is 22.7 Å². The van der Waals surface area contributed by atoms with Crippen molar-refractivity contribution in [3.05, 3.63) is 36.9 Å². The molecule has 0 bridgehead atoms. The van der Waals surface area contributed by atoms with Gasteiger partial charge in [0.25, 0.3) is 0 Å². The predicted molar refractivity (Wildman–Crippen MR) is 100 cm³/mol. The van der Waals surface area contributed by atoms with Gasteiger partial charge in [0.1, 0.15) is 0 Å². The number of guanidine groups is 1. The van der Waals surface area contributed by atoms with Crippen molar-refractivity contribution >= 4 is 44.6 Å². The summed E-state index contributed by atoms with van der Waals surface area (Å²) in [6.45, 7) is 6.62. The highest BCUT2D eigenvalue weighted by molar-refractivity contribution is 9.11. The van der Waals surface area contributed by atoms with Crippen LogP contribution in [0.4, 0.5) is 0 Å². The van der Waals surface area contributed by atoms with Gasteiger partial charge in [-0.3, -0.25) is 4.99 Å². The van der Waals surface area contributed by atoms with Crippen LogP contribution in [0.15, 0.2) is 26.3 Å². The molecule has 0 aromatic carbocycles. The first-order valence-electron chi connectivity index (χ1n) is 7.34. The molecule has 120 valence electrons. The zero-order chi connectivity index (χ0) is 15.8. The van der Waals surface area contributed by atoms with E-state index in [4.69, 9.17) is 0 Å². The second kappa shape index (κ2) is 9.27. The molecular weight excluding hydrogens is 380 g/mol. The molecule has 2 rings (SSSR count). The Labute approximate surface area is 148 Å². The van der Waals surface area contributed by atoms with Gasteiger partial charge in [-0.25, -0.2) is 4.98 Å². The third-order valence-corrected chi connectivity index (χ3v) is 5.45. The van der Waals surface area contributed by atoms with Crippen LogP contribution in [0, 0.1) is 6.92 Å². The number of thiophene rings is 1. The monoisotopic (exact) mass is 400 g/mol. The molecule has 0 aliphatic rings. The van der Waals surface area contributed by atoms with Crippen molar-refractivity contribution in [3.63, 3.8) is 0 Å². The molecule has 0 atom stereocenters. The lowest BCUT2D eigenvalue weighted by Gasteiger charge is -2.10. The van der Waals surface area contributed by atoms with Gasteiger partial charge < -0.3 is 10.6 Å². The lowest BCUT2D eigenvalue weighted by Crippen LogP contribution is -2.38. The van der Waals surface area contributed by atoms with Crippen molar-refractivity contribution in [3.8, 4) is 0 Å². The van der Waals surface area contributed by atoms with E-state index < -0.39 is 0 Å². The minimum absolute atomic E-state index is 0.790. The number of rotatable bonds is 7. The molecule has 0 fully saturated rings. The Kier molecular flexibility index (Phi) is 7.35. The van der Waals surface area contributed by atoms with Gasteiger partial charge in [-0.2, -0.15) is 0 Å². The van der Waals surface area contributed by atoms with Crippen molar-refractivity contribution in [1.29, 1.82) is 0 Å². The lowest BCUT2D eigenvalue weighted by atomic mass is 10.3. The molecule has 0 aliphatic carbocycles. The summed E-state index contributed by atoms with van der Waals surface area (Å²) in [5.41, 5.74) is 1.15. The summed E-state index contributed by atoms with van der Waals surface area (Å²) >= 11 is 6.96. The maximum atomic E-state index is 4.62. The molecule has 22 heavy (non-hydrogen) atoms. The fourth-order valence-corrected chi connectivity index (χ4v) is 4.06. The molecule has 7 heteroatoms. The number of halogens is 1. The van der Waals surface area contributed by atoms with Crippen LogP contribution in [0.2, 0.25) is 0 Å². The first kappa shape index (κ1) is 17.4. The SMILES string of the molecule is CCNC(=NCCc1ccc(Br)s1)NCCc1csc(C)n1. The van der Waals surface area contributed by atoms with Gasteiger partial charge in [0.2, 0.25) is 0 Å². The fraction of sp³-hybridized carbons (Fsp3) is 0.467. The summed E-state index contributed by atoms with van der Waals surface area (Å²) in [4.78, 5) is 10.4. The first-order chi connectivity index (χ1) is 10.7. The molecule has 0 saturated heterocycles. The highest BCUT2D eigenvalue weighted by atomic mass is 79.9. The van der Waals surface area contributed by atoms with E-state index in [1.165, 1.54) is 8.66 Å². The first-order valence-corrected chi connectivity index (χ1v) is 9.83. The Morgan fingerprint density at radius 1 is 1.32 bits per heavy atom. The van der Waals surface area contributed by atoms with E-state index >= 15 is 0 Å². The van der Waals surface area contributed by atoms with E-state index in [2.05, 4.69) is 61.0 Å². The van der Waals surface area contributed by atoms with Crippen molar-refractivity contribution < 1.29 is 0 Å². The quantitative estimate of drug-likeness (QED) is 0.551. The molecule has 0 unspecified atom stereocenters. The van der Waals surface area contributed by atoms with Gasteiger partial charge in [-0.1, -0.05) is 0 Å². The molecule has 2 aromatic rings. The summed E-state index contributed by atoms with van der Waals surface area (Å²) in [6, 6.07) is 4.23. The normalized spacial score (nSPS) is 11.7. The molecule has 2 aromatic heterocycles. The Morgan fingerprint density at radius 2 is 2.18 bits per heavy atom. The zero-order valence-electron chi connectivity index (χ0n) is 12.9. The van der Waals surface area contributed by atoms with E-state index in [-0.39, 0.29) is 0 Å². The van der Waals surface area contributed by atoms with E-state index in [0.29, 0.717) is 0 Å². The standard InChI is InChI=1S/C15H21BrN4S2/c1-3-17-15(18-8-6-12-10-21-11(2)20-12)19-9-7-13-4-5-14(16)22-13/h4-5,10H,3,6-9H2,1-2H3,(H2,17,18,19). The van der Waals surface area contributed by atoms with Crippen LogP contribution >= 0.6 is 38.6 Å². The average Bonchev–Trinajstić information content (AvgIpc) is 3.08. The van der Waals surface area contributed by atoms with E-state index in [9.17, 15) is 0 Å². The van der Waals surface area contributed by atoms with E-state index in [0.717, 1.165) is 49.1 Å². The Balaban J connectivity index is 1.76. The third kappa shape index (κ3) is 6.06. The number of aliphatic imine (C=N–C) groups is 1. The smallest absolute Gasteiger partial charge is 0.191 e. The van der Waals surface area contributed by atoms with Gasteiger partial charge in [0.05, 0.1) is 14.5 Å². The molecule has 2 heterocycles. The topological polar surface area (TPSA) is 49.3 Å². The molecule has 0 aliphatic heterocycles. The summed E-state index contributed by atoms with van der Waals surface area (Å²) in [7, 11) is 0. The van der Waals surface area contributed by atoms with E-state index in [1.54, 1.807) is 22.7 Å². The Bertz CT molecular complexity index is 606. The minimum Gasteiger partial charge on any atom is -0.357 e. The highest BCUT2D eigenvalue weighted by Crippen LogP contribution is 2.22. The van der Waals surface area contributed by atoms with Gasteiger partial charge >= 0.3 is 0 Å². The summed E-state index contributed by atoms with van der Waals surface area (Å²) in [6.07, 6.45) is 1.89. The predicted octanol–water partition coefficient (Wildman–Crippen LogP) is 3.62. The maximum absolute atomic E-state index is 4.62. The maximum Gasteiger partial charge on any atom is 0.191 e. The third-order valence-electron chi connectivity index (χ3n) is 2.94. The summed E-state index contributed by atoms with van der Waals surface area (Å²) in [5, 5.41) is 9.89. The van der Waals surface area contributed by atoms with Crippen LogP contribution in [0.25, 0.3) is 0 Å². The Hall–Kier alpha value is -0.920. The van der Waals surface area contributed by atoms with Crippen molar-refractivity contribution in [1.82, 2.24) is 15.6 Å². The van der Waals surface area contributed by atoms with Crippen molar-refractivity contribution in [2.45, 2.75) is 26.7 Å². The lowest BCUT2D eigenvalue weighted by molar-refractivity contribution is 0.788. The van der Waals surface area contributed by atoms with Gasteiger partial charge in [0, 0.05) is 42.7 Å². The molecule has 2 N–H and O–H groups in total. The highest BCUT2D eigenvalue weighted by Gasteiger charge is 2.01. The zero-order valence-corrected chi connectivity index (χ0v) is 16.1. The second-order valence-electron chi connectivity index (χ2n) is 4.75.